The lowest BCUT2D eigenvalue weighted by Gasteiger charge is -2.56. The van der Waals surface area contributed by atoms with E-state index < -0.39 is 17.3 Å². The van der Waals surface area contributed by atoms with E-state index >= 15 is 0 Å². The molecule has 3 aromatic heterocycles. The molecule has 0 amide bonds. The summed E-state index contributed by atoms with van der Waals surface area (Å²) in [6.07, 6.45) is 3.62. The number of nitrogens with zero attached hydrogens (tertiary/aromatic N) is 5. The molecule has 0 unspecified atom stereocenters. The second-order valence-electron chi connectivity index (χ2n) is 9.02. The Labute approximate surface area is 187 Å². The van der Waals surface area contributed by atoms with Gasteiger partial charge in [-0.1, -0.05) is 6.58 Å². The van der Waals surface area contributed by atoms with E-state index in [2.05, 4.69) is 22.0 Å². The fourth-order valence-corrected chi connectivity index (χ4v) is 4.86. The van der Waals surface area contributed by atoms with Crippen molar-refractivity contribution in [3.05, 3.63) is 48.2 Å². The predicted octanol–water partition coefficient (Wildman–Crippen LogP) is 3.17. The van der Waals surface area contributed by atoms with Crippen LogP contribution in [0.1, 0.15) is 30.9 Å². The number of fused-ring (bicyclic) bond motifs is 2. The minimum atomic E-state index is -2.80. The zero-order valence-electron chi connectivity index (χ0n) is 17.8. The van der Waals surface area contributed by atoms with E-state index in [1.165, 1.54) is 6.07 Å². The van der Waals surface area contributed by atoms with Crippen LogP contribution in [-0.4, -0.2) is 50.3 Å². The zero-order chi connectivity index (χ0) is 23.0. The van der Waals surface area contributed by atoms with E-state index in [-0.39, 0.29) is 44.5 Å². The van der Waals surface area contributed by atoms with Crippen LogP contribution in [0.4, 0.5) is 19.0 Å². The lowest BCUT2D eigenvalue weighted by molar-refractivity contribution is -0.137. The van der Waals surface area contributed by atoms with Crippen molar-refractivity contribution in [3.8, 4) is 11.6 Å². The van der Waals surface area contributed by atoms with Gasteiger partial charge in [-0.2, -0.15) is 5.10 Å². The summed E-state index contributed by atoms with van der Waals surface area (Å²) in [4.78, 5) is 10.7. The predicted molar refractivity (Wildman–Crippen MR) is 113 cm³/mol. The molecule has 0 aromatic carbocycles. The topological polar surface area (TPSA) is 76.8 Å². The molecule has 1 atom stereocenters. The summed E-state index contributed by atoms with van der Waals surface area (Å²) >= 11 is 0. The Kier molecular flexibility index (Phi) is 4.12. The SMILES string of the molecule is C=C1N[C@H](C)COc2ncc(F)cc2CN2c3nc4c1cnn4cc3OCC21CC(F)(F)C1. The maximum Gasteiger partial charge on any atom is 0.252 e. The second-order valence-corrected chi connectivity index (χ2v) is 9.02. The Morgan fingerprint density at radius 1 is 1.24 bits per heavy atom. The number of alkyl halides is 2. The maximum absolute atomic E-state index is 14.2. The van der Waals surface area contributed by atoms with E-state index in [0.29, 0.717) is 34.0 Å². The Morgan fingerprint density at radius 3 is 2.85 bits per heavy atom. The van der Waals surface area contributed by atoms with Crippen LogP contribution in [0.3, 0.4) is 0 Å². The Balaban J connectivity index is 1.56. The molecule has 3 aliphatic rings. The summed E-state index contributed by atoms with van der Waals surface area (Å²) in [6, 6.07) is 1.17. The Bertz CT molecular complexity index is 1280. The molecule has 11 heteroatoms. The molecule has 6 rings (SSSR count). The van der Waals surface area contributed by atoms with Gasteiger partial charge in [0.2, 0.25) is 5.88 Å². The quantitative estimate of drug-likeness (QED) is 0.555. The Morgan fingerprint density at radius 2 is 2.06 bits per heavy atom. The van der Waals surface area contributed by atoms with Gasteiger partial charge in [0.05, 0.1) is 42.3 Å². The number of anilines is 1. The molecule has 1 fully saturated rings. The highest BCUT2D eigenvalue weighted by Gasteiger charge is 2.62. The van der Waals surface area contributed by atoms with Gasteiger partial charge in [0.25, 0.3) is 5.92 Å². The molecular formula is C22H21F3N6O2. The number of hydrogen-bond acceptors (Lipinski definition) is 7. The zero-order valence-corrected chi connectivity index (χ0v) is 17.8. The van der Waals surface area contributed by atoms with Crippen LogP contribution in [0.5, 0.6) is 11.6 Å². The number of nitrogens with one attached hydrogen (secondary N) is 1. The van der Waals surface area contributed by atoms with Crippen LogP contribution < -0.4 is 19.7 Å². The standard InChI is InChI=1S/C22H21F3N6O2/c1-12-8-32-20-14(3-15(23)4-26-20)6-30-19-17(33-11-21(30)9-22(24,25)10-21)7-31-18(29-19)16(5-27-31)13(2)28-12/h3-5,7,12,28H,2,6,8-11H2,1H3/t12-/m1/s1. The third-order valence-corrected chi connectivity index (χ3v) is 6.38. The third-order valence-electron chi connectivity index (χ3n) is 6.38. The third kappa shape index (κ3) is 3.17. The van der Waals surface area contributed by atoms with E-state index in [9.17, 15) is 13.2 Å². The van der Waals surface area contributed by atoms with Gasteiger partial charge in [-0.3, -0.25) is 0 Å². The number of halogens is 3. The summed E-state index contributed by atoms with van der Waals surface area (Å²) in [5, 5.41) is 7.61. The molecule has 8 nitrogen and oxygen atoms in total. The van der Waals surface area contributed by atoms with Crippen molar-refractivity contribution in [1.29, 1.82) is 0 Å². The minimum Gasteiger partial charge on any atom is -0.486 e. The van der Waals surface area contributed by atoms with Gasteiger partial charge >= 0.3 is 0 Å². The van der Waals surface area contributed by atoms with E-state index in [1.807, 2.05) is 6.92 Å². The molecule has 3 aromatic rings. The van der Waals surface area contributed by atoms with Gasteiger partial charge in [0, 0.05) is 24.1 Å². The van der Waals surface area contributed by atoms with Gasteiger partial charge in [-0.25, -0.2) is 27.7 Å². The van der Waals surface area contributed by atoms with Gasteiger partial charge in [0.1, 0.15) is 19.0 Å². The molecular weight excluding hydrogens is 437 g/mol. The van der Waals surface area contributed by atoms with Crippen molar-refractivity contribution in [2.75, 3.05) is 18.1 Å². The average Bonchev–Trinajstić information content (AvgIpc) is 3.15. The number of hydrogen-bond donors (Lipinski definition) is 1. The molecule has 33 heavy (non-hydrogen) atoms. The van der Waals surface area contributed by atoms with Crippen molar-refractivity contribution >= 4 is 17.2 Å². The highest BCUT2D eigenvalue weighted by molar-refractivity contribution is 5.75. The van der Waals surface area contributed by atoms with E-state index in [1.54, 1.807) is 21.8 Å². The minimum absolute atomic E-state index is 0.0567. The van der Waals surface area contributed by atoms with Crippen molar-refractivity contribution in [3.63, 3.8) is 0 Å². The van der Waals surface area contributed by atoms with Crippen LogP contribution in [0.2, 0.25) is 0 Å². The lowest BCUT2D eigenvalue weighted by Crippen LogP contribution is -2.67. The first-order valence-electron chi connectivity index (χ1n) is 10.6. The van der Waals surface area contributed by atoms with Crippen molar-refractivity contribution < 1.29 is 22.6 Å². The second kappa shape index (κ2) is 6.75. The summed E-state index contributed by atoms with van der Waals surface area (Å²) in [5.41, 5.74) is 1.23. The molecule has 0 radical (unpaired) electrons. The van der Waals surface area contributed by atoms with E-state index in [4.69, 9.17) is 14.5 Å². The molecule has 2 aliphatic heterocycles. The molecule has 172 valence electrons. The first-order chi connectivity index (χ1) is 15.7. The molecule has 1 saturated carbocycles. The van der Waals surface area contributed by atoms with E-state index in [0.717, 1.165) is 6.20 Å². The normalized spacial score (nSPS) is 22.8. The van der Waals surface area contributed by atoms with Crippen LogP contribution in [0.25, 0.3) is 11.3 Å². The van der Waals surface area contributed by atoms with Gasteiger partial charge in [0.15, 0.2) is 17.2 Å². The first kappa shape index (κ1) is 20.1. The fraction of sp³-hybridized carbons (Fsp3) is 0.409. The summed E-state index contributed by atoms with van der Waals surface area (Å²) in [6.45, 7) is 6.39. The fourth-order valence-electron chi connectivity index (χ4n) is 4.86. The number of aromatic nitrogens is 4. The maximum atomic E-state index is 14.2. The molecule has 5 heterocycles. The van der Waals surface area contributed by atoms with Gasteiger partial charge in [-0.05, 0) is 13.0 Å². The average molecular weight is 458 g/mol. The van der Waals surface area contributed by atoms with Crippen molar-refractivity contribution in [2.45, 2.75) is 43.8 Å². The van der Waals surface area contributed by atoms with Gasteiger partial charge in [-0.15, -0.1) is 0 Å². The number of rotatable bonds is 0. The highest BCUT2D eigenvalue weighted by atomic mass is 19.3. The van der Waals surface area contributed by atoms with Crippen LogP contribution in [-0.2, 0) is 6.54 Å². The first-order valence-corrected chi connectivity index (χ1v) is 10.6. The molecule has 0 saturated heterocycles. The molecule has 2 bridgehead atoms. The summed E-state index contributed by atoms with van der Waals surface area (Å²) < 4.78 is 55.8. The molecule has 1 spiro atoms. The van der Waals surface area contributed by atoms with Crippen LogP contribution >= 0.6 is 0 Å². The number of ether oxygens (including phenoxy) is 2. The molecule has 1 N–H and O–H groups in total. The highest BCUT2D eigenvalue weighted by Crippen LogP contribution is 2.54. The molecule has 1 aliphatic carbocycles. The van der Waals surface area contributed by atoms with Crippen molar-refractivity contribution in [1.82, 2.24) is 24.9 Å². The van der Waals surface area contributed by atoms with Gasteiger partial charge < -0.3 is 19.7 Å². The van der Waals surface area contributed by atoms with Crippen molar-refractivity contribution in [2.24, 2.45) is 0 Å². The lowest BCUT2D eigenvalue weighted by atomic mass is 9.71. The summed E-state index contributed by atoms with van der Waals surface area (Å²) in [7, 11) is 0. The number of pyridine rings is 1. The van der Waals surface area contributed by atoms with Crippen LogP contribution in [0.15, 0.2) is 31.2 Å². The summed E-state index contributed by atoms with van der Waals surface area (Å²) in [5.74, 6) is -2.30. The monoisotopic (exact) mass is 458 g/mol. The van der Waals surface area contributed by atoms with Crippen LogP contribution in [0, 0.1) is 5.82 Å². The smallest absolute Gasteiger partial charge is 0.252 e. The largest absolute Gasteiger partial charge is 0.486 e. The Hall–Kier alpha value is -3.50.